The van der Waals surface area contributed by atoms with Crippen LogP contribution in [0.2, 0.25) is 0 Å². The van der Waals surface area contributed by atoms with E-state index in [2.05, 4.69) is 10.6 Å². The molecule has 2 N–H and O–H groups in total. The Balaban J connectivity index is 1.50. The van der Waals surface area contributed by atoms with Gasteiger partial charge in [0.15, 0.2) is 5.78 Å². The number of hydrogen-bond acceptors (Lipinski definition) is 4. The lowest BCUT2D eigenvalue weighted by atomic mass is 9.76. The van der Waals surface area contributed by atoms with Crippen LogP contribution in [0.25, 0.3) is 0 Å². The second-order valence-corrected chi connectivity index (χ2v) is 10.0. The molecule has 5 rings (SSSR count). The lowest BCUT2D eigenvalue weighted by Crippen LogP contribution is -2.58. The average Bonchev–Trinajstić information content (AvgIpc) is 2.89. The number of carbonyl (C=O) groups is 2. The van der Waals surface area contributed by atoms with E-state index in [4.69, 9.17) is 0 Å². The number of nitrogens with one attached hydrogen (secondary N) is 2. The van der Waals surface area contributed by atoms with E-state index in [0.29, 0.717) is 0 Å². The smallest absolute Gasteiger partial charge is 0.242 e. The van der Waals surface area contributed by atoms with Crippen LogP contribution < -0.4 is 10.6 Å². The van der Waals surface area contributed by atoms with E-state index < -0.39 is 10.8 Å². The number of benzene rings is 4. The summed E-state index contributed by atoms with van der Waals surface area (Å²) in [7, 11) is 0. The highest BCUT2D eigenvalue weighted by molar-refractivity contribution is 8.01. The Labute approximate surface area is 213 Å². The molecule has 0 saturated carbocycles. The lowest BCUT2D eigenvalue weighted by Gasteiger charge is -2.41. The van der Waals surface area contributed by atoms with Crippen molar-refractivity contribution < 1.29 is 14.0 Å². The molecule has 0 aliphatic carbocycles. The van der Waals surface area contributed by atoms with Crippen LogP contribution in [-0.2, 0) is 15.1 Å². The number of aryl methyl sites for hydroxylation is 1. The molecule has 0 aromatic heterocycles. The third-order valence-corrected chi connectivity index (χ3v) is 7.82. The van der Waals surface area contributed by atoms with E-state index in [-0.39, 0.29) is 23.9 Å². The van der Waals surface area contributed by atoms with Gasteiger partial charge in [0.2, 0.25) is 5.91 Å². The predicted octanol–water partition coefficient (Wildman–Crippen LogP) is 6.37. The van der Waals surface area contributed by atoms with Crippen molar-refractivity contribution in [1.82, 2.24) is 5.32 Å². The summed E-state index contributed by atoms with van der Waals surface area (Å²) in [6.45, 7) is 1.97. The molecule has 180 valence electrons. The van der Waals surface area contributed by atoms with Gasteiger partial charge in [-0.25, -0.2) is 4.39 Å². The Kier molecular flexibility index (Phi) is 6.61. The highest BCUT2D eigenvalue weighted by atomic mass is 32.2. The van der Waals surface area contributed by atoms with Crippen LogP contribution in [0.15, 0.2) is 108 Å². The fraction of sp³-hybridized carbons (Fsp3) is 0.133. The van der Waals surface area contributed by atoms with Gasteiger partial charge < -0.3 is 10.6 Å². The van der Waals surface area contributed by atoms with E-state index >= 15 is 0 Å². The predicted molar refractivity (Wildman–Crippen MR) is 142 cm³/mol. The molecule has 1 aliphatic rings. The first kappa shape index (κ1) is 23.8. The van der Waals surface area contributed by atoms with Gasteiger partial charge in [-0.3, -0.25) is 9.59 Å². The van der Waals surface area contributed by atoms with Gasteiger partial charge in [0.1, 0.15) is 11.1 Å². The molecule has 0 bridgehead atoms. The molecule has 1 saturated heterocycles. The zero-order valence-electron chi connectivity index (χ0n) is 19.7. The summed E-state index contributed by atoms with van der Waals surface area (Å²) in [6, 6.07) is 31.1. The van der Waals surface area contributed by atoms with E-state index in [9.17, 15) is 14.0 Å². The molecule has 1 amide bonds. The Morgan fingerprint density at radius 3 is 2.25 bits per heavy atom. The lowest BCUT2D eigenvalue weighted by molar-refractivity contribution is -0.132. The Bertz CT molecular complexity index is 1390. The summed E-state index contributed by atoms with van der Waals surface area (Å²) in [5, 5.41) is 5.69. The van der Waals surface area contributed by atoms with E-state index in [1.54, 1.807) is 12.1 Å². The van der Waals surface area contributed by atoms with Gasteiger partial charge in [-0.2, -0.15) is 0 Å². The van der Waals surface area contributed by atoms with Crippen molar-refractivity contribution >= 4 is 34.8 Å². The SMILES string of the molecule is Cc1ccccc1SC1C(=O)CC(c2ccccc2)(c2cccc(Nc3ccc(F)cc3)c2)NC1=O. The highest BCUT2D eigenvalue weighted by Gasteiger charge is 2.47. The summed E-state index contributed by atoms with van der Waals surface area (Å²) in [6.07, 6.45) is 0.131. The molecule has 4 aromatic rings. The Hall–Kier alpha value is -3.90. The molecule has 4 nitrogen and oxygen atoms in total. The van der Waals surface area contributed by atoms with Gasteiger partial charge in [0.05, 0.1) is 5.54 Å². The monoisotopic (exact) mass is 496 g/mol. The maximum absolute atomic E-state index is 13.6. The quantitative estimate of drug-likeness (QED) is 0.305. The molecule has 2 unspecified atom stereocenters. The number of halogens is 1. The molecule has 2 atom stereocenters. The topological polar surface area (TPSA) is 58.2 Å². The zero-order chi connectivity index (χ0) is 25.1. The molecule has 1 aliphatic heterocycles. The number of piperidine rings is 1. The first-order valence-corrected chi connectivity index (χ1v) is 12.6. The summed E-state index contributed by atoms with van der Waals surface area (Å²) < 4.78 is 13.3. The van der Waals surface area contributed by atoms with E-state index in [0.717, 1.165) is 33.0 Å². The maximum atomic E-state index is 13.6. The number of hydrogen-bond donors (Lipinski definition) is 2. The van der Waals surface area contributed by atoms with Gasteiger partial charge in [-0.1, -0.05) is 60.7 Å². The fourth-order valence-corrected chi connectivity index (χ4v) is 5.60. The van der Waals surface area contributed by atoms with Gasteiger partial charge in [0.25, 0.3) is 0 Å². The molecule has 0 radical (unpaired) electrons. The number of anilines is 2. The highest BCUT2D eigenvalue weighted by Crippen LogP contribution is 2.41. The van der Waals surface area contributed by atoms with Crippen LogP contribution >= 0.6 is 11.8 Å². The van der Waals surface area contributed by atoms with Crippen LogP contribution in [0.5, 0.6) is 0 Å². The van der Waals surface area contributed by atoms with Gasteiger partial charge in [-0.15, -0.1) is 11.8 Å². The van der Waals surface area contributed by atoms with Crippen molar-refractivity contribution in [2.75, 3.05) is 5.32 Å². The minimum atomic E-state index is -1.00. The first-order chi connectivity index (χ1) is 17.4. The van der Waals surface area contributed by atoms with Crippen LogP contribution in [0.1, 0.15) is 23.1 Å². The van der Waals surface area contributed by atoms with Crippen molar-refractivity contribution in [2.45, 2.75) is 29.0 Å². The van der Waals surface area contributed by atoms with Crippen molar-refractivity contribution in [1.29, 1.82) is 0 Å². The number of amides is 1. The third kappa shape index (κ3) is 4.77. The van der Waals surface area contributed by atoms with Crippen molar-refractivity contribution in [3.63, 3.8) is 0 Å². The van der Waals surface area contributed by atoms with Crippen molar-refractivity contribution in [3.8, 4) is 0 Å². The van der Waals surface area contributed by atoms with E-state index in [1.165, 1.54) is 23.9 Å². The molecule has 36 heavy (non-hydrogen) atoms. The maximum Gasteiger partial charge on any atom is 0.242 e. The minimum absolute atomic E-state index is 0.118. The Morgan fingerprint density at radius 1 is 0.833 bits per heavy atom. The second kappa shape index (κ2) is 9.99. The Morgan fingerprint density at radius 2 is 1.53 bits per heavy atom. The molecular formula is C30H25FN2O2S. The first-order valence-electron chi connectivity index (χ1n) is 11.7. The van der Waals surface area contributed by atoms with Crippen LogP contribution in [0.4, 0.5) is 15.8 Å². The van der Waals surface area contributed by atoms with Gasteiger partial charge >= 0.3 is 0 Å². The summed E-state index contributed by atoms with van der Waals surface area (Å²) in [5.41, 5.74) is 3.17. The van der Waals surface area contributed by atoms with E-state index in [1.807, 2.05) is 85.8 Å². The van der Waals surface area contributed by atoms with Crippen LogP contribution in [0, 0.1) is 12.7 Å². The van der Waals surface area contributed by atoms with Gasteiger partial charge in [-0.05, 0) is 66.1 Å². The molecule has 1 heterocycles. The summed E-state index contributed by atoms with van der Waals surface area (Å²) in [5.74, 6) is -0.730. The fourth-order valence-electron chi connectivity index (χ4n) is 4.56. The largest absolute Gasteiger partial charge is 0.356 e. The molecular weight excluding hydrogens is 471 g/mol. The normalized spacial score (nSPS) is 19.6. The standard InChI is InChI=1S/C30H25FN2O2S/c1-20-8-5-6-13-27(20)36-28-26(34)19-30(33-29(28)35,21-9-3-2-4-10-21)22-11-7-12-25(18-22)32-24-16-14-23(31)15-17-24/h2-18,28,32H,19H2,1H3,(H,33,35). The summed E-state index contributed by atoms with van der Waals surface area (Å²) >= 11 is 1.30. The van der Waals surface area contributed by atoms with Gasteiger partial charge in [0, 0.05) is 22.7 Å². The second-order valence-electron chi connectivity index (χ2n) is 8.88. The number of thioether (sulfide) groups is 1. The number of rotatable bonds is 6. The molecule has 0 spiro atoms. The molecule has 6 heteroatoms. The number of Topliss-reactive ketones (excluding diaryl/α,β-unsaturated/α-hetero) is 1. The van der Waals surface area contributed by atoms with Crippen molar-refractivity contribution in [3.05, 3.63) is 126 Å². The van der Waals surface area contributed by atoms with Crippen LogP contribution in [0.3, 0.4) is 0 Å². The van der Waals surface area contributed by atoms with Crippen LogP contribution in [-0.4, -0.2) is 16.9 Å². The number of carbonyl (C=O) groups excluding carboxylic acids is 2. The molecule has 1 fully saturated rings. The zero-order valence-corrected chi connectivity index (χ0v) is 20.5. The summed E-state index contributed by atoms with van der Waals surface area (Å²) in [4.78, 5) is 28.0. The minimum Gasteiger partial charge on any atom is -0.356 e. The van der Waals surface area contributed by atoms with Crippen molar-refractivity contribution in [2.24, 2.45) is 0 Å². The third-order valence-electron chi connectivity index (χ3n) is 6.40. The molecule has 4 aromatic carbocycles. The average molecular weight is 497 g/mol. The number of ketones is 1.